The van der Waals surface area contributed by atoms with Gasteiger partial charge in [-0.3, -0.25) is 19.7 Å². The number of benzene rings is 2. The summed E-state index contributed by atoms with van der Waals surface area (Å²) in [6.45, 7) is 6.92. The van der Waals surface area contributed by atoms with E-state index in [0.717, 1.165) is 19.6 Å². The molecule has 0 unspecified atom stereocenters. The molecule has 0 atom stereocenters. The summed E-state index contributed by atoms with van der Waals surface area (Å²) in [6, 6.07) is 10.4. The highest BCUT2D eigenvalue weighted by Crippen LogP contribution is 2.29. The maximum absolute atomic E-state index is 13.1. The van der Waals surface area contributed by atoms with E-state index in [1.165, 1.54) is 43.4 Å². The third-order valence-electron chi connectivity index (χ3n) is 5.41. The Morgan fingerprint density at radius 2 is 1.62 bits per heavy atom. The molecule has 0 aliphatic carbocycles. The van der Waals surface area contributed by atoms with Gasteiger partial charge in [-0.15, -0.1) is 0 Å². The Balaban J connectivity index is 2.15. The highest BCUT2D eigenvalue weighted by Gasteiger charge is 2.20. The summed E-state index contributed by atoms with van der Waals surface area (Å²) in [6.07, 6.45) is 0.685. The fourth-order valence-corrected chi connectivity index (χ4v) is 3.47. The molecule has 34 heavy (non-hydrogen) atoms. The van der Waals surface area contributed by atoms with Crippen LogP contribution in [-0.2, 0) is 4.79 Å². The van der Waals surface area contributed by atoms with Crippen LogP contribution in [0.2, 0.25) is 0 Å². The van der Waals surface area contributed by atoms with Gasteiger partial charge in [0.15, 0.2) is 11.5 Å². The van der Waals surface area contributed by atoms with Crippen LogP contribution in [0.5, 0.6) is 11.5 Å². The number of nitro benzene ring substituents is 1. The normalized spacial score (nSPS) is 10.6. The predicted octanol–water partition coefficient (Wildman–Crippen LogP) is 3.42. The Kier molecular flexibility index (Phi) is 10.3. The molecule has 10 nitrogen and oxygen atoms in total. The Morgan fingerprint density at radius 3 is 2.18 bits per heavy atom. The number of non-ortho nitro benzene ring substituents is 1. The number of carbonyl (C=O) groups is 2. The molecule has 1 N–H and O–H groups in total. The molecule has 184 valence electrons. The molecule has 0 spiro atoms. The lowest BCUT2D eigenvalue weighted by molar-refractivity contribution is -0.384. The van der Waals surface area contributed by atoms with Crippen molar-refractivity contribution >= 4 is 23.2 Å². The van der Waals surface area contributed by atoms with E-state index in [9.17, 15) is 19.7 Å². The summed E-state index contributed by atoms with van der Waals surface area (Å²) < 4.78 is 10.5. The molecule has 2 amide bonds. The molecular weight excluding hydrogens is 440 g/mol. The SMILES string of the molecule is CCN(CC)CCCN(CC(=O)Nc1ccc(OC)c(OC)c1)C(=O)c1ccc([N+](=O)[O-])cc1. The van der Waals surface area contributed by atoms with Gasteiger partial charge in [0.2, 0.25) is 5.91 Å². The summed E-state index contributed by atoms with van der Waals surface area (Å²) in [5.41, 5.74) is 0.691. The smallest absolute Gasteiger partial charge is 0.269 e. The summed E-state index contributed by atoms with van der Waals surface area (Å²) in [7, 11) is 3.03. The van der Waals surface area contributed by atoms with Crippen molar-refractivity contribution in [2.45, 2.75) is 20.3 Å². The van der Waals surface area contributed by atoms with Crippen LogP contribution < -0.4 is 14.8 Å². The number of methoxy groups -OCH3 is 2. The molecule has 10 heteroatoms. The first kappa shape index (κ1) is 26.6. The van der Waals surface area contributed by atoms with Gasteiger partial charge >= 0.3 is 0 Å². The van der Waals surface area contributed by atoms with Crippen LogP contribution in [0.3, 0.4) is 0 Å². The lowest BCUT2D eigenvalue weighted by Crippen LogP contribution is -2.39. The van der Waals surface area contributed by atoms with Crippen molar-refractivity contribution < 1.29 is 24.0 Å². The number of ether oxygens (including phenoxy) is 2. The van der Waals surface area contributed by atoms with Gasteiger partial charge in [0.1, 0.15) is 6.54 Å². The minimum Gasteiger partial charge on any atom is -0.493 e. The number of nitro groups is 1. The van der Waals surface area contributed by atoms with E-state index in [0.29, 0.717) is 30.2 Å². The number of nitrogens with zero attached hydrogens (tertiary/aromatic N) is 3. The Morgan fingerprint density at radius 1 is 0.971 bits per heavy atom. The van der Waals surface area contributed by atoms with Gasteiger partial charge in [-0.2, -0.15) is 0 Å². The van der Waals surface area contributed by atoms with Gasteiger partial charge in [-0.05, 0) is 50.3 Å². The quantitative estimate of drug-likeness (QED) is 0.351. The standard InChI is InChI=1S/C24H32N4O6/c1-5-26(6-2)14-7-15-27(24(30)18-8-11-20(12-9-18)28(31)32)17-23(29)25-19-10-13-21(33-3)22(16-19)34-4/h8-13,16H,5-7,14-15,17H2,1-4H3,(H,25,29). The van der Waals surface area contributed by atoms with Crippen LogP contribution in [0.15, 0.2) is 42.5 Å². The minimum atomic E-state index is -0.521. The lowest BCUT2D eigenvalue weighted by atomic mass is 10.1. The molecule has 2 rings (SSSR count). The van der Waals surface area contributed by atoms with E-state index in [1.807, 2.05) is 0 Å². The van der Waals surface area contributed by atoms with E-state index in [4.69, 9.17) is 9.47 Å². The third-order valence-corrected chi connectivity index (χ3v) is 5.41. The van der Waals surface area contributed by atoms with Gasteiger partial charge in [-0.25, -0.2) is 0 Å². The van der Waals surface area contributed by atoms with Crippen LogP contribution in [0.4, 0.5) is 11.4 Å². The molecule has 0 aromatic heterocycles. The van der Waals surface area contributed by atoms with Gasteiger partial charge in [0.05, 0.1) is 19.1 Å². The van der Waals surface area contributed by atoms with Crippen molar-refractivity contribution in [3.8, 4) is 11.5 Å². The number of hydrogen-bond acceptors (Lipinski definition) is 7. The number of anilines is 1. The number of amides is 2. The Labute approximate surface area is 199 Å². The zero-order valence-corrected chi connectivity index (χ0v) is 20.1. The molecule has 0 saturated carbocycles. The highest BCUT2D eigenvalue weighted by molar-refractivity contribution is 5.99. The van der Waals surface area contributed by atoms with E-state index >= 15 is 0 Å². The van der Waals surface area contributed by atoms with E-state index in [1.54, 1.807) is 18.2 Å². The third kappa shape index (κ3) is 7.45. The van der Waals surface area contributed by atoms with Gasteiger partial charge in [0, 0.05) is 36.0 Å². The number of carbonyl (C=O) groups excluding carboxylic acids is 2. The molecular formula is C24H32N4O6. The second-order valence-electron chi connectivity index (χ2n) is 7.53. The summed E-state index contributed by atoms with van der Waals surface area (Å²) in [5, 5.41) is 13.7. The van der Waals surface area contributed by atoms with Crippen molar-refractivity contribution in [2.24, 2.45) is 0 Å². The van der Waals surface area contributed by atoms with Crippen LogP contribution in [-0.4, -0.2) is 73.5 Å². The van der Waals surface area contributed by atoms with Gasteiger partial charge < -0.3 is 24.6 Å². The number of hydrogen-bond donors (Lipinski definition) is 1. The van der Waals surface area contributed by atoms with E-state index < -0.39 is 4.92 Å². The molecule has 0 bridgehead atoms. The average molecular weight is 473 g/mol. The number of nitrogens with one attached hydrogen (secondary N) is 1. The maximum atomic E-state index is 13.1. The zero-order valence-electron chi connectivity index (χ0n) is 20.1. The monoisotopic (exact) mass is 472 g/mol. The first-order valence-corrected chi connectivity index (χ1v) is 11.1. The van der Waals surface area contributed by atoms with Crippen molar-refractivity contribution in [2.75, 3.05) is 52.3 Å². The van der Waals surface area contributed by atoms with Crippen molar-refractivity contribution in [3.05, 3.63) is 58.1 Å². The fraction of sp³-hybridized carbons (Fsp3) is 0.417. The van der Waals surface area contributed by atoms with Crippen LogP contribution in [0.25, 0.3) is 0 Å². The molecule has 0 heterocycles. The Hall–Kier alpha value is -3.66. The largest absolute Gasteiger partial charge is 0.493 e. The molecule has 0 fully saturated rings. The van der Waals surface area contributed by atoms with Crippen molar-refractivity contribution in [1.29, 1.82) is 0 Å². The molecule has 0 aliphatic heterocycles. The first-order chi connectivity index (χ1) is 16.3. The molecule has 0 saturated heterocycles. The second kappa shape index (κ2) is 13.1. The predicted molar refractivity (Wildman–Crippen MR) is 130 cm³/mol. The van der Waals surface area contributed by atoms with Crippen LogP contribution in [0.1, 0.15) is 30.6 Å². The molecule has 0 aliphatic rings. The lowest BCUT2D eigenvalue weighted by Gasteiger charge is -2.24. The molecule has 2 aromatic carbocycles. The van der Waals surface area contributed by atoms with Gasteiger partial charge in [-0.1, -0.05) is 13.8 Å². The highest BCUT2D eigenvalue weighted by atomic mass is 16.6. The summed E-state index contributed by atoms with van der Waals surface area (Å²) >= 11 is 0. The van der Waals surface area contributed by atoms with Crippen LogP contribution in [0, 0.1) is 10.1 Å². The van der Waals surface area contributed by atoms with Crippen molar-refractivity contribution in [3.63, 3.8) is 0 Å². The van der Waals surface area contributed by atoms with Crippen LogP contribution >= 0.6 is 0 Å². The van der Waals surface area contributed by atoms with Crippen molar-refractivity contribution in [1.82, 2.24) is 9.80 Å². The van der Waals surface area contributed by atoms with Gasteiger partial charge in [0.25, 0.3) is 11.6 Å². The second-order valence-corrected chi connectivity index (χ2v) is 7.53. The summed E-state index contributed by atoms with van der Waals surface area (Å²) in [5.74, 6) is 0.271. The number of rotatable bonds is 13. The summed E-state index contributed by atoms with van der Waals surface area (Å²) in [4.78, 5) is 40.0. The van der Waals surface area contributed by atoms with E-state index in [2.05, 4.69) is 24.1 Å². The maximum Gasteiger partial charge on any atom is 0.269 e. The minimum absolute atomic E-state index is 0.101. The van der Waals surface area contributed by atoms with E-state index in [-0.39, 0.29) is 29.6 Å². The topological polar surface area (TPSA) is 114 Å². The Bertz CT molecular complexity index is 976. The zero-order chi connectivity index (χ0) is 25.1. The fourth-order valence-electron chi connectivity index (χ4n) is 3.47. The molecule has 0 radical (unpaired) electrons. The molecule has 2 aromatic rings. The first-order valence-electron chi connectivity index (χ1n) is 11.1. The average Bonchev–Trinajstić information content (AvgIpc) is 2.85.